The number of carbonyl (C=O) groups is 2. The van der Waals surface area contributed by atoms with Crippen molar-refractivity contribution in [2.45, 2.75) is 76.3 Å². The van der Waals surface area contributed by atoms with Crippen LogP contribution in [0.5, 0.6) is 0 Å². The number of hydrogen-bond donors (Lipinski definition) is 2. The Morgan fingerprint density at radius 3 is 1.74 bits per heavy atom. The van der Waals surface area contributed by atoms with Gasteiger partial charge in [-0.3, -0.25) is 4.98 Å². The molecule has 0 aliphatic heterocycles. The first-order valence-corrected chi connectivity index (χ1v) is 16.1. The van der Waals surface area contributed by atoms with E-state index in [9.17, 15) is 14.7 Å². The SMILES string of the molecule is O=C(O)c1cnc2c(c1)nc(-c1ccccn1)n2C1CCCCC1.O=C(O)c1cnc2c(c1)nc(-c1ccoc1)n2C1CCCCC1. The van der Waals surface area contributed by atoms with E-state index in [-0.39, 0.29) is 11.1 Å². The number of nitrogens with zero attached hydrogens (tertiary/aromatic N) is 7. The molecule has 6 aromatic rings. The molecule has 0 aromatic carbocycles. The molecule has 0 amide bonds. The Balaban J connectivity index is 0.000000150. The maximum absolute atomic E-state index is 11.2. The normalized spacial score (nSPS) is 15.8. The van der Waals surface area contributed by atoms with E-state index in [1.807, 2.05) is 24.3 Å². The number of aromatic carboxylic acids is 2. The number of hydrogen-bond acceptors (Lipinski definition) is 8. The summed E-state index contributed by atoms with van der Waals surface area (Å²) >= 11 is 0. The number of carboxylic acid groups (broad SMARTS) is 2. The Hall–Kier alpha value is -5.39. The summed E-state index contributed by atoms with van der Waals surface area (Å²) in [5.41, 5.74) is 4.72. The lowest BCUT2D eigenvalue weighted by Crippen LogP contribution is -2.14. The fourth-order valence-corrected chi connectivity index (χ4v) is 6.84. The molecule has 0 spiro atoms. The zero-order valence-corrected chi connectivity index (χ0v) is 25.8. The van der Waals surface area contributed by atoms with Crippen LogP contribution in [0.4, 0.5) is 0 Å². The number of imidazole rings is 2. The number of carboxylic acids is 2. The number of rotatable bonds is 6. The third-order valence-corrected chi connectivity index (χ3v) is 9.11. The van der Waals surface area contributed by atoms with Crippen LogP contribution >= 0.6 is 0 Å². The van der Waals surface area contributed by atoms with Crippen molar-refractivity contribution in [3.8, 4) is 22.9 Å². The van der Waals surface area contributed by atoms with Crippen molar-refractivity contribution in [1.82, 2.24) is 34.1 Å². The van der Waals surface area contributed by atoms with Crippen LogP contribution in [-0.2, 0) is 0 Å². The maximum Gasteiger partial charge on any atom is 0.337 e. The molecule has 8 rings (SSSR count). The Morgan fingerprint density at radius 2 is 1.26 bits per heavy atom. The molecule has 12 heteroatoms. The predicted molar refractivity (Wildman–Crippen MR) is 174 cm³/mol. The van der Waals surface area contributed by atoms with E-state index in [1.165, 1.54) is 50.9 Å². The first kappa shape index (κ1) is 30.3. The van der Waals surface area contributed by atoms with E-state index in [4.69, 9.17) is 9.52 Å². The number of aromatic nitrogens is 7. The Morgan fingerprint density at radius 1 is 0.702 bits per heavy atom. The van der Waals surface area contributed by atoms with Gasteiger partial charge in [-0.2, -0.15) is 0 Å². The van der Waals surface area contributed by atoms with E-state index in [2.05, 4.69) is 34.1 Å². The van der Waals surface area contributed by atoms with Crippen LogP contribution in [-0.4, -0.2) is 56.2 Å². The summed E-state index contributed by atoms with van der Waals surface area (Å²) in [5.74, 6) is -0.407. The molecule has 2 fully saturated rings. The first-order valence-electron chi connectivity index (χ1n) is 16.1. The minimum absolute atomic E-state index is 0.156. The molecule has 0 bridgehead atoms. The van der Waals surface area contributed by atoms with E-state index < -0.39 is 11.9 Å². The van der Waals surface area contributed by atoms with Gasteiger partial charge in [-0.15, -0.1) is 0 Å². The lowest BCUT2D eigenvalue weighted by Gasteiger charge is -2.25. The van der Waals surface area contributed by atoms with Crippen molar-refractivity contribution in [2.75, 3.05) is 0 Å². The zero-order valence-electron chi connectivity index (χ0n) is 25.8. The van der Waals surface area contributed by atoms with Gasteiger partial charge in [-0.25, -0.2) is 29.5 Å². The molecule has 47 heavy (non-hydrogen) atoms. The maximum atomic E-state index is 11.2. The number of fused-ring (bicyclic) bond motifs is 2. The fraction of sp³-hybridized carbons (Fsp3) is 0.343. The van der Waals surface area contributed by atoms with Crippen LogP contribution in [0.3, 0.4) is 0 Å². The van der Waals surface area contributed by atoms with Gasteiger partial charge < -0.3 is 23.8 Å². The van der Waals surface area contributed by atoms with Gasteiger partial charge in [0, 0.05) is 30.7 Å². The minimum Gasteiger partial charge on any atom is -0.478 e. The van der Waals surface area contributed by atoms with Gasteiger partial charge >= 0.3 is 11.9 Å². The highest BCUT2D eigenvalue weighted by Crippen LogP contribution is 2.36. The molecule has 6 heterocycles. The second-order valence-corrected chi connectivity index (χ2v) is 12.2. The van der Waals surface area contributed by atoms with Crippen LogP contribution in [0.15, 0.2) is 71.9 Å². The van der Waals surface area contributed by atoms with Gasteiger partial charge in [0.1, 0.15) is 28.8 Å². The minimum atomic E-state index is -0.990. The molecule has 2 aliphatic carbocycles. The smallest absolute Gasteiger partial charge is 0.337 e. The van der Waals surface area contributed by atoms with E-state index in [0.29, 0.717) is 23.1 Å². The topological polar surface area (TPSA) is 162 Å². The molecule has 240 valence electrons. The van der Waals surface area contributed by atoms with Gasteiger partial charge in [0.2, 0.25) is 0 Å². The van der Waals surface area contributed by atoms with E-state index in [0.717, 1.165) is 59.9 Å². The van der Waals surface area contributed by atoms with Crippen LogP contribution in [0.1, 0.15) is 97.0 Å². The lowest BCUT2D eigenvalue weighted by molar-refractivity contribution is 0.0685. The van der Waals surface area contributed by atoms with Crippen molar-refractivity contribution in [1.29, 1.82) is 0 Å². The summed E-state index contributed by atoms with van der Waals surface area (Å²) in [5, 5.41) is 18.4. The highest BCUT2D eigenvalue weighted by molar-refractivity contribution is 5.92. The van der Waals surface area contributed by atoms with Gasteiger partial charge in [0.05, 0.1) is 23.0 Å². The Bertz CT molecular complexity index is 2020. The molecule has 12 nitrogen and oxygen atoms in total. The zero-order chi connectivity index (χ0) is 32.3. The van der Waals surface area contributed by atoms with Crippen LogP contribution < -0.4 is 0 Å². The molecule has 0 radical (unpaired) electrons. The van der Waals surface area contributed by atoms with Gasteiger partial charge in [-0.1, -0.05) is 44.6 Å². The second kappa shape index (κ2) is 13.1. The van der Waals surface area contributed by atoms with Crippen molar-refractivity contribution >= 4 is 34.3 Å². The predicted octanol–water partition coefficient (Wildman–Crippen LogP) is 7.59. The summed E-state index contributed by atoms with van der Waals surface area (Å²) in [6.07, 6.45) is 19.5. The van der Waals surface area contributed by atoms with Crippen LogP contribution in [0.25, 0.3) is 45.2 Å². The summed E-state index contributed by atoms with van der Waals surface area (Å²) in [4.78, 5) is 45.0. The summed E-state index contributed by atoms with van der Waals surface area (Å²) in [7, 11) is 0. The molecule has 2 aliphatic rings. The van der Waals surface area contributed by atoms with Gasteiger partial charge in [0.15, 0.2) is 17.1 Å². The molecule has 6 aromatic heterocycles. The third-order valence-electron chi connectivity index (χ3n) is 9.11. The van der Waals surface area contributed by atoms with E-state index in [1.54, 1.807) is 30.9 Å². The summed E-state index contributed by atoms with van der Waals surface area (Å²) < 4.78 is 9.51. The Labute approximate surface area is 270 Å². The molecular formula is C35H35N7O5. The van der Waals surface area contributed by atoms with Gasteiger partial charge in [-0.05, 0) is 56.0 Å². The third kappa shape index (κ3) is 6.10. The van der Waals surface area contributed by atoms with Crippen LogP contribution in [0.2, 0.25) is 0 Å². The summed E-state index contributed by atoms with van der Waals surface area (Å²) in [6, 6.07) is 11.5. The molecule has 2 N–H and O–H groups in total. The highest BCUT2D eigenvalue weighted by atomic mass is 16.4. The van der Waals surface area contributed by atoms with Crippen molar-refractivity contribution in [3.63, 3.8) is 0 Å². The fourth-order valence-electron chi connectivity index (χ4n) is 6.84. The number of pyridine rings is 3. The molecule has 0 unspecified atom stereocenters. The largest absolute Gasteiger partial charge is 0.478 e. The molecule has 0 atom stereocenters. The van der Waals surface area contributed by atoms with E-state index >= 15 is 0 Å². The summed E-state index contributed by atoms with van der Waals surface area (Å²) in [6.45, 7) is 0. The first-order chi connectivity index (χ1) is 23.0. The standard InChI is InChI=1S/C18H18N4O2.C17H17N3O3/c23-18(24)12-10-15-16(20-11-12)22(13-6-2-1-3-7-13)17(21-15)14-8-4-5-9-19-14;21-17(22)12-8-14-16(18-9-12)20(13-4-2-1-3-5-13)15(19-14)11-6-7-23-10-11/h4-5,8-11,13H,1-3,6-7H2,(H,23,24);6-10,13H,1-5H2,(H,21,22). The van der Waals surface area contributed by atoms with Crippen molar-refractivity contribution in [3.05, 3.63) is 78.6 Å². The van der Waals surface area contributed by atoms with Crippen molar-refractivity contribution in [2.24, 2.45) is 0 Å². The number of furan rings is 1. The van der Waals surface area contributed by atoms with Crippen molar-refractivity contribution < 1.29 is 24.2 Å². The molecular weight excluding hydrogens is 598 g/mol. The quantitative estimate of drug-likeness (QED) is 0.187. The van der Waals surface area contributed by atoms with Gasteiger partial charge in [0.25, 0.3) is 0 Å². The molecule has 0 saturated heterocycles. The monoisotopic (exact) mass is 633 g/mol. The lowest BCUT2D eigenvalue weighted by atomic mass is 9.95. The van der Waals surface area contributed by atoms with Crippen LogP contribution in [0, 0.1) is 0 Å². The second-order valence-electron chi connectivity index (χ2n) is 12.2. The molecule has 2 saturated carbocycles. The highest BCUT2D eigenvalue weighted by Gasteiger charge is 2.25. The Kier molecular flexibility index (Phi) is 8.47. The average molecular weight is 634 g/mol. The average Bonchev–Trinajstić information content (AvgIpc) is 3.86.